The van der Waals surface area contributed by atoms with Gasteiger partial charge in [-0.1, -0.05) is 19.1 Å². The second-order valence-electron chi connectivity index (χ2n) is 4.72. The van der Waals surface area contributed by atoms with E-state index in [0.717, 1.165) is 0 Å². The first-order chi connectivity index (χ1) is 10.0. The van der Waals surface area contributed by atoms with Gasteiger partial charge in [-0.05, 0) is 30.7 Å². The molecule has 1 nitrogen and oxygen atoms in total. The minimum atomic E-state index is -4.86. The number of allylic oxidation sites excluding steroid dienone is 2. The molecule has 0 amide bonds. The van der Waals surface area contributed by atoms with Crippen molar-refractivity contribution >= 4 is 5.71 Å². The molecule has 1 aromatic carbocycles. The number of halogens is 6. The Labute approximate surface area is 124 Å². The molecule has 0 spiro atoms. The molecule has 22 heavy (non-hydrogen) atoms. The van der Waals surface area contributed by atoms with Gasteiger partial charge in [-0.15, -0.1) is 0 Å². The summed E-state index contributed by atoms with van der Waals surface area (Å²) in [6, 6.07) is 1.49. The monoisotopic (exact) mass is 323 g/mol. The molecule has 1 rings (SSSR count). The molecule has 0 aromatic heterocycles. The summed E-state index contributed by atoms with van der Waals surface area (Å²) >= 11 is 0. The molecular formula is C15H15F6N. The molecule has 0 fully saturated rings. The Morgan fingerprint density at radius 3 is 1.77 bits per heavy atom. The van der Waals surface area contributed by atoms with Gasteiger partial charge in [0.25, 0.3) is 0 Å². The van der Waals surface area contributed by atoms with E-state index in [1.54, 1.807) is 26.0 Å². The van der Waals surface area contributed by atoms with E-state index < -0.39 is 29.4 Å². The van der Waals surface area contributed by atoms with Crippen LogP contribution in [0.15, 0.2) is 35.3 Å². The average Bonchev–Trinajstić information content (AvgIpc) is 2.37. The van der Waals surface area contributed by atoms with Crippen molar-refractivity contribution in [2.75, 3.05) is 7.05 Å². The van der Waals surface area contributed by atoms with E-state index in [4.69, 9.17) is 0 Å². The Hall–Kier alpha value is -1.79. The highest BCUT2D eigenvalue weighted by molar-refractivity contribution is 6.03. The van der Waals surface area contributed by atoms with Crippen molar-refractivity contribution in [2.45, 2.75) is 26.2 Å². The van der Waals surface area contributed by atoms with Crippen LogP contribution >= 0.6 is 0 Å². The molecule has 0 N–H and O–H groups in total. The van der Waals surface area contributed by atoms with E-state index in [9.17, 15) is 26.3 Å². The first-order valence-corrected chi connectivity index (χ1v) is 6.40. The first-order valence-electron chi connectivity index (χ1n) is 6.40. The number of rotatable bonds is 3. The zero-order valence-corrected chi connectivity index (χ0v) is 12.2. The fourth-order valence-electron chi connectivity index (χ4n) is 2.08. The molecule has 1 atom stereocenters. The molecule has 7 heteroatoms. The van der Waals surface area contributed by atoms with Gasteiger partial charge in [0.2, 0.25) is 0 Å². The Bertz CT molecular complexity index is 548. The summed E-state index contributed by atoms with van der Waals surface area (Å²) in [6.45, 7) is 3.35. The second-order valence-corrected chi connectivity index (χ2v) is 4.72. The first kappa shape index (κ1) is 18.3. The van der Waals surface area contributed by atoms with Gasteiger partial charge in [0.1, 0.15) is 0 Å². The summed E-state index contributed by atoms with van der Waals surface area (Å²) < 4.78 is 77.0. The van der Waals surface area contributed by atoms with E-state index in [1.165, 1.54) is 7.05 Å². The zero-order valence-electron chi connectivity index (χ0n) is 12.2. The van der Waals surface area contributed by atoms with Crippen molar-refractivity contribution in [1.29, 1.82) is 0 Å². The Balaban J connectivity index is 3.53. The molecule has 1 unspecified atom stereocenters. The van der Waals surface area contributed by atoms with Crippen LogP contribution in [0.5, 0.6) is 0 Å². The normalized spacial score (nSPS) is 15.4. The number of benzene rings is 1. The third-order valence-corrected chi connectivity index (χ3v) is 3.04. The van der Waals surface area contributed by atoms with Crippen LogP contribution in [0.4, 0.5) is 26.3 Å². The molecule has 0 radical (unpaired) electrons. The van der Waals surface area contributed by atoms with Crippen molar-refractivity contribution in [3.63, 3.8) is 0 Å². The van der Waals surface area contributed by atoms with E-state index in [1.807, 2.05) is 0 Å². The van der Waals surface area contributed by atoms with Crippen LogP contribution in [0.2, 0.25) is 0 Å². The quantitative estimate of drug-likeness (QED) is 0.404. The lowest BCUT2D eigenvalue weighted by atomic mass is 9.94. The SMILES string of the molecule is C/C=C\C(C)/C(=N\C)c1cc(C(F)(F)F)cc(C(F)(F)F)c1. The van der Waals surface area contributed by atoms with Crippen molar-refractivity contribution in [3.05, 3.63) is 47.0 Å². The van der Waals surface area contributed by atoms with Crippen molar-refractivity contribution in [3.8, 4) is 0 Å². The van der Waals surface area contributed by atoms with Crippen LogP contribution in [0.3, 0.4) is 0 Å². The number of nitrogens with zero attached hydrogens (tertiary/aromatic N) is 1. The van der Waals surface area contributed by atoms with E-state index in [2.05, 4.69) is 4.99 Å². The standard InChI is InChI=1S/C15H15F6N/c1-4-5-9(2)13(22-3)10-6-11(14(16,17)18)8-12(7-10)15(19,20)21/h4-9H,1-3H3/b5-4-,22-13+. The molecule has 0 bridgehead atoms. The van der Waals surface area contributed by atoms with Gasteiger partial charge < -0.3 is 0 Å². The number of alkyl halides is 6. The third kappa shape index (κ3) is 4.35. The van der Waals surface area contributed by atoms with Crippen LogP contribution in [0.1, 0.15) is 30.5 Å². The Kier molecular flexibility index (Phi) is 5.43. The fraction of sp³-hybridized carbons (Fsp3) is 0.400. The van der Waals surface area contributed by atoms with Gasteiger partial charge in [-0.2, -0.15) is 26.3 Å². The zero-order chi connectivity index (χ0) is 17.1. The summed E-state index contributed by atoms with van der Waals surface area (Å²) in [5, 5.41) is 0. The van der Waals surface area contributed by atoms with E-state index in [-0.39, 0.29) is 17.3 Å². The minimum Gasteiger partial charge on any atom is -0.292 e. The lowest BCUT2D eigenvalue weighted by Gasteiger charge is -2.17. The predicted octanol–water partition coefficient (Wildman–Crippen LogP) is 5.36. The Morgan fingerprint density at radius 2 is 1.45 bits per heavy atom. The maximum absolute atomic E-state index is 12.8. The summed E-state index contributed by atoms with van der Waals surface area (Å²) in [5.74, 6) is -0.403. The van der Waals surface area contributed by atoms with Crippen LogP contribution in [-0.4, -0.2) is 12.8 Å². The van der Waals surface area contributed by atoms with Gasteiger partial charge in [-0.25, -0.2) is 0 Å². The average molecular weight is 323 g/mol. The topological polar surface area (TPSA) is 12.4 Å². The van der Waals surface area contributed by atoms with Crippen LogP contribution in [0, 0.1) is 5.92 Å². The Morgan fingerprint density at radius 1 is 1.00 bits per heavy atom. The number of aliphatic imine (C=N–C) groups is 1. The highest BCUT2D eigenvalue weighted by Gasteiger charge is 2.37. The van der Waals surface area contributed by atoms with Gasteiger partial charge in [-0.3, -0.25) is 4.99 Å². The lowest BCUT2D eigenvalue weighted by Crippen LogP contribution is -2.16. The van der Waals surface area contributed by atoms with Crippen molar-refractivity contribution in [1.82, 2.24) is 0 Å². The minimum absolute atomic E-state index is 0.108. The second kappa shape index (κ2) is 6.54. The highest BCUT2D eigenvalue weighted by atomic mass is 19.4. The van der Waals surface area contributed by atoms with Crippen LogP contribution in [-0.2, 0) is 12.4 Å². The van der Waals surface area contributed by atoms with Gasteiger partial charge in [0, 0.05) is 18.7 Å². The molecule has 0 aliphatic heterocycles. The van der Waals surface area contributed by atoms with E-state index >= 15 is 0 Å². The number of hydrogen-bond acceptors (Lipinski definition) is 1. The summed E-state index contributed by atoms with van der Waals surface area (Å²) in [7, 11) is 1.34. The largest absolute Gasteiger partial charge is 0.416 e. The summed E-state index contributed by atoms with van der Waals surface area (Å²) in [4.78, 5) is 3.85. The van der Waals surface area contributed by atoms with Gasteiger partial charge >= 0.3 is 12.4 Å². The molecule has 0 aliphatic rings. The smallest absolute Gasteiger partial charge is 0.292 e. The van der Waals surface area contributed by atoms with Gasteiger partial charge in [0.05, 0.1) is 11.1 Å². The summed E-state index contributed by atoms with van der Waals surface area (Å²) in [6.07, 6.45) is -6.42. The highest BCUT2D eigenvalue weighted by Crippen LogP contribution is 2.36. The maximum atomic E-state index is 12.8. The van der Waals surface area contributed by atoms with Crippen LogP contribution in [0.25, 0.3) is 0 Å². The molecule has 0 aliphatic carbocycles. The lowest BCUT2D eigenvalue weighted by molar-refractivity contribution is -0.143. The third-order valence-electron chi connectivity index (χ3n) is 3.04. The van der Waals surface area contributed by atoms with Crippen molar-refractivity contribution in [2.24, 2.45) is 10.9 Å². The fourth-order valence-corrected chi connectivity index (χ4v) is 2.08. The molecule has 0 heterocycles. The van der Waals surface area contributed by atoms with E-state index in [0.29, 0.717) is 12.1 Å². The molecule has 1 aromatic rings. The van der Waals surface area contributed by atoms with Crippen LogP contribution < -0.4 is 0 Å². The predicted molar refractivity (Wildman–Crippen MR) is 72.9 cm³/mol. The molecular weight excluding hydrogens is 308 g/mol. The maximum Gasteiger partial charge on any atom is 0.416 e. The van der Waals surface area contributed by atoms with Gasteiger partial charge in [0.15, 0.2) is 0 Å². The summed E-state index contributed by atoms with van der Waals surface area (Å²) in [5.41, 5.74) is -2.71. The molecule has 0 saturated carbocycles. The molecule has 0 saturated heterocycles. The molecule has 122 valence electrons. The van der Waals surface area contributed by atoms with Crippen molar-refractivity contribution < 1.29 is 26.3 Å². The number of hydrogen-bond donors (Lipinski definition) is 0.